The van der Waals surface area contributed by atoms with Gasteiger partial charge in [0.25, 0.3) is 0 Å². The molecular weight excluding hydrogens is 364 g/mol. The maximum Gasteiger partial charge on any atom is 0.305 e. The van der Waals surface area contributed by atoms with Gasteiger partial charge in [-0.15, -0.1) is 0 Å². The number of allylic oxidation sites excluding steroid dienone is 3. The van der Waals surface area contributed by atoms with Gasteiger partial charge < -0.3 is 9.47 Å². The zero-order valence-corrected chi connectivity index (χ0v) is 19.4. The zero-order chi connectivity index (χ0) is 21.7. The van der Waals surface area contributed by atoms with Crippen LogP contribution in [0, 0.1) is 0 Å². The number of carbonyl (C=O) groups is 2. The van der Waals surface area contributed by atoms with E-state index in [-0.39, 0.29) is 17.7 Å². The molecule has 0 aromatic carbocycles. The molecule has 4 nitrogen and oxygen atoms in total. The largest absolute Gasteiger partial charge is 0.469 e. The van der Waals surface area contributed by atoms with E-state index in [4.69, 9.17) is 4.74 Å². The molecule has 1 aliphatic carbocycles. The molecular formula is C25H42O4. The smallest absolute Gasteiger partial charge is 0.305 e. The lowest BCUT2D eigenvalue weighted by Gasteiger charge is -2.26. The van der Waals surface area contributed by atoms with Crippen LogP contribution in [-0.4, -0.2) is 30.6 Å². The van der Waals surface area contributed by atoms with E-state index < -0.39 is 0 Å². The molecule has 166 valence electrons. The van der Waals surface area contributed by atoms with Crippen molar-refractivity contribution in [3.05, 3.63) is 23.3 Å². The summed E-state index contributed by atoms with van der Waals surface area (Å²) < 4.78 is 10.9. The number of unbranched alkanes of at least 4 members (excludes halogenated alkanes) is 5. The summed E-state index contributed by atoms with van der Waals surface area (Å²) in [4.78, 5) is 23.5. The van der Waals surface area contributed by atoms with Gasteiger partial charge in [-0.3, -0.25) is 9.59 Å². The van der Waals surface area contributed by atoms with Crippen LogP contribution < -0.4 is 0 Å². The molecule has 0 saturated carbocycles. The lowest BCUT2D eigenvalue weighted by Crippen LogP contribution is -2.26. The number of hydrogen-bond acceptors (Lipinski definition) is 4. The average molecular weight is 407 g/mol. The standard InChI is InChI=1S/C25H42O4/c1-6-7-10-13-21(29-25(2,3)4)18-16-20-17-19-23(26)22(20)14-11-8-9-12-15-24(27)28-5/h16,18,21H,6-15,17,19H2,1-5H3/b18-16+/t21-/m0/s1. The number of esters is 1. The van der Waals surface area contributed by atoms with Crippen molar-refractivity contribution in [3.8, 4) is 0 Å². The van der Waals surface area contributed by atoms with Crippen LogP contribution in [0.1, 0.15) is 105 Å². The van der Waals surface area contributed by atoms with Crippen molar-refractivity contribution in [2.75, 3.05) is 7.11 Å². The monoisotopic (exact) mass is 406 g/mol. The molecule has 4 heteroatoms. The molecule has 29 heavy (non-hydrogen) atoms. The van der Waals surface area contributed by atoms with Gasteiger partial charge in [0.05, 0.1) is 18.8 Å². The highest BCUT2D eigenvalue weighted by Crippen LogP contribution is 2.29. The summed E-state index contributed by atoms with van der Waals surface area (Å²) in [6.07, 6.45) is 15.8. The number of ether oxygens (including phenoxy) is 2. The predicted molar refractivity (Wildman–Crippen MR) is 119 cm³/mol. The number of methoxy groups -OCH3 is 1. The Kier molecular flexibility index (Phi) is 12.1. The first-order valence-corrected chi connectivity index (χ1v) is 11.4. The molecule has 1 rings (SSSR count). The summed E-state index contributed by atoms with van der Waals surface area (Å²) in [6.45, 7) is 8.50. The van der Waals surface area contributed by atoms with E-state index in [1.54, 1.807) is 0 Å². The fourth-order valence-electron chi connectivity index (χ4n) is 3.71. The zero-order valence-electron chi connectivity index (χ0n) is 19.4. The van der Waals surface area contributed by atoms with Crippen LogP contribution in [0.2, 0.25) is 0 Å². The molecule has 0 aromatic rings. The van der Waals surface area contributed by atoms with Gasteiger partial charge in [0.2, 0.25) is 0 Å². The second-order valence-corrected chi connectivity index (χ2v) is 9.04. The van der Waals surface area contributed by atoms with E-state index in [1.807, 2.05) is 0 Å². The minimum atomic E-state index is -0.172. The topological polar surface area (TPSA) is 52.6 Å². The summed E-state index contributed by atoms with van der Waals surface area (Å²) in [7, 11) is 1.43. The van der Waals surface area contributed by atoms with E-state index in [1.165, 1.54) is 25.5 Å². The maximum atomic E-state index is 12.3. The van der Waals surface area contributed by atoms with Crippen molar-refractivity contribution >= 4 is 11.8 Å². The second kappa shape index (κ2) is 13.7. The highest BCUT2D eigenvalue weighted by Gasteiger charge is 2.22. The summed E-state index contributed by atoms with van der Waals surface area (Å²) >= 11 is 0. The third-order valence-corrected chi connectivity index (χ3v) is 5.24. The number of hydrogen-bond donors (Lipinski definition) is 0. The van der Waals surface area contributed by atoms with Crippen LogP contribution in [0.15, 0.2) is 23.3 Å². The lowest BCUT2D eigenvalue weighted by atomic mass is 10.0. The van der Waals surface area contributed by atoms with Gasteiger partial charge >= 0.3 is 5.97 Å². The van der Waals surface area contributed by atoms with Gasteiger partial charge in [-0.1, -0.05) is 51.2 Å². The van der Waals surface area contributed by atoms with Gasteiger partial charge in [0.1, 0.15) is 0 Å². The van der Waals surface area contributed by atoms with E-state index in [2.05, 4.69) is 44.6 Å². The van der Waals surface area contributed by atoms with Crippen molar-refractivity contribution in [1.29, 1.82) is 0 Å². The van der Waals surface area contributed by atoms with E-state index in [9.17, 15) is 9.59 Å². The molecule has 0 heterocycles. The number of Topliss-reactive ketones (excluding diaryl/α,β-unsaturated/α-hetero) is 1. The molecule has 1 atom stereocenters. The quantitative estimate of drug-likeness (QED) is 0.245. The Hall–Kier alpha value is -1.42. The van der Waals surface area contributed by atoms with Crippen LogP contribution in [0.4, 0.5) is 0 Å². The normalized spacial score (nSPS) is 16.1. The first kappa shape index (κ1) is 25.6. The first-order valence-electron chi connectivity index (χ1n) is 11.4. The van der Waals surface area contributed by atoms with Crippen LogP contribution >= 0.6 is 0 Å². The van der Waals surface area contributed by atoms with Crippen molar-refractivity contribution in [1.82, 2.24) is 0 Å². The highest BCUT2D eigenvalue weighted by molar-refractivity contribution is 5.99. The van der Waals surface area contributed by atoms with Gasteiger partial charge in [-0.2, -0.15) is 0 Å². The second-order valence-electron chi connectivity index (χ2n) is 9.04. The van der Waals surface area contributed by atoms with Crippen LogP contribution in [0.3, 0.4) is 0 Å². The van der Waals surface area contributed by atoms with E-state index in [0.29, 0.717) is 18.6 Å². The molecule has 0 unspecified atom stereocenters. The molecule has 0 bridgehead atoms. The molecule has 0 aliphatic heterocycles. The van der Waals surface area contributed by atoms with Crippen molar-refractivity contribution in [2.24, 2.45) is 0 Å². The van der Waals surface area contributed by atoms with Gasteiger partial charge in [0.15, 0.2) is 5.78 Å². The highest BCUT2D eigenvalue weighted by atomic mass is 16.5. The average Bonchev–Trinajstić information content (AvgIpc) is 3.01. The lowest BCUT2D eigenvalue weighted by molar-refractivity contribution is -0.140. The van der Waals surface area contributed by atoms with E-state index in [0.717, 1.165) is 56.9 Å². The number of carbonyl (C=O) groups excluding carboxylic acids is 2. The molecule has 0 fully saturated rings. The minimum Gasteiger partial charge on any atom is -0.469 e. The summed E-state index contributed by atoms with van der Waals surface area (Å²) in [6, 6.07) is 0. The maximum absolute atomic E-state index is 12.3. The van der Waals surface area contributed by atoms with Crippen LogP contribution in [-0.2, 0) is 19.1 Å². The third-order valence-electron chi connectivity index (χ3n) is 5.24. The molecule has 1 aliphatic rings. The fourth-order valence-corrected chi connectivity index (χ4v) is 3.71. The van der Waals surface area contributed by atoms with Gasteiger partial charge in [0, 0.05) is 12.8 Å². The summed E-state index contributed by atoms with van der Waals surface area (Å²) in [5.41, 5.74) is 2.04. The van der Waals surface area contributed by atoms with Crippen LogP contribution in [0.5, 0.6) is 0 Å². The van der Waals surface area contributed by atoms with Crippen LogP contribution in [0.25, 0.3) is 0 Å². The Labute approximate surface area is 178 Å². The predicted octanol–water partition coefficient (Wildman–Crippen LogP) is 6.48. The van der Waals surface area contributed by atoms with Gasteiger partial charge in [-0.25, -0.2) is 0 Å². The Morgan fingerprint density at radius 2 is 1.79 bits per heavy atom. The molecule has 0 aromatic heterocycles. The molecule has 0 saturated heterocycles. The Morgan fingerprint density at radius 1 is 1.07 bits per heavy atom. The van der Waals surface area contributed by atoms with Crippen molar-refractivity contribution < 1.29 is 19.1 Å². The van der Waals surface area contributed by atoms with Crippen molar-refractivity contribution in [3.63, 3.8) is 0 Å². The Balaban J connectivity index is 2.59. The summed E-state index contributed by atoms with van der Waals surface area (Å²) in [5.74, 6) is 0.163. The SMILES string of the molecule is CCCCC[C@@H](/C=C/C1=C(CCCCCCC(=O)OC)C(=O)CC1)OC(C)(C)C. The molecule has 0 radical (unpaired) electrons. The van der Waals surface area contributed by atoms with Crippen molar-refractivity contribution in [2.45, 2.75) is 116 Å². The number of rotatable bonds is 14. The molecule has 0 amide bonds. The Bertz CT molecular complexity index is 566. The molecule has 0 N–H and O–H groups in total. The fraction of sp³-hybridized carbons (Fsp3) is 0.760. The minimum absolute atomic E-state index is 0.101. The first-order chi connectivity index (χ1) is 13.8. The van der Waals surface area contributed by atoms with Gasteiger partial charge in [-0.05, 0) is 64.0 Å². The third kappa shape index (κ3) is 11.4. The number of ketones is 1. The molecule has 0 spiro atoms. The van der Waals surface area contributed by atoms with E-state index >= 15 is 0 Å². The summed E-state index contributed by atoms with van der Waals surface area (Å²) in [5, 5.41) is 0. The Morgan fingerprint density at radius 3 is 2.45 bits per heavy atom.